The Bertz CT molecular complexity index is 1170. The number of non-ortho nitro benzene ring substituents is 1. The molecule has 0 unspecified atom stereocenters. The number of fused-ring (bicyclic) bond motifs is 1. The van der Waals surface area contributed by atoms with Gasteiger partial charge in [-0.3, -0.25) is 19.7 Å². The number of hydrogen-bond donors (Lipinski definition) is 0. The lowest BCUT2D eigenvalue weighted by Crippen LogP contribution is -2.50. The molecule has 0 atom stereocenters. The molecule has 0 aromatic heterocycles. The van der Waals surface area contributed by atoms with Crippen molar-refractivity contribution in [3.63, 3.8) is 0 Å². The quantitative estimate of drug-likeness (QED) is 0.369. The molecule has 0 bridgehead atoms. The van der Waals surface area contributed by atoms with Crippen LogP contribution in [-0.2, 0) is 4.79 Å². The van der Waals surface area contributed by atoms with Crippen LogP contribution in [0.5, 0.6) is 0 Å². The number of nitrogens with zero attached hydrogens (tertiary/aromatic N) is 3. The van der Waals surface area contributed by atoms with Crippen molar-refractivity contribution in [1.29, 1.82) is 0 Å². The van der Waals surface area contributed by atoms with E-state index >= 15 is 0 Å². The number of piperazine rings is 1. The molecular formula is C24H21N3O4. The Morgan fingerprint density at radius 1 is 0.871 bits per heavy atom. The Balaban J connectivity index is 1.39. The van der Waals surface area contributed by atoms with E-state index in [9.17, 15) is 19.7 Å². The summed E-state index contributed by atoms with van der Waals surface area (Å²) < 4.78 is 0. The van der Waals surface area contributed by atoms with Gasteiger partial charge in [-0.15, -0.1) is 0 Å². The Labute approximate surface area is 179 Å². The van der Waals surface area contributed by atoms with Gasteiger partial charge in [0.25, 0.3) is 11.6 Å². The van der Waals surface area contributed by atoms with Crippen molar-refractivity contribution in [1.82, 2.24) is 9.80 Å². The van der Waals surface area contributed by atoms with Gasteiger partial charge in [0.15, 0.2) is 0 Å². The highest BCUT2D eigenvalue weighted by Crippen LogP contribution is 2.21. The predicted octanol–water partition coefficient (Wildman–Crippen LogP) is 3.75. The van der Waals surface area contributed by atoms with Crippen molar-refractivity contribution < 1.29 is 14.5 Å². The normalized spacial score (nSPS) is 14.2. The summed E-state index contributed by atoms with van der Waals surface area (Å²) >= 11 is 0. The van der Waals surface area contributed by atoms with Gasteiger partial charge in [-0.25, -0.2) is 0 Å². The highest BCUT2D eigenvalue weighted by molar-refractivity contribution is 6.07. The molecule has 7 nitrogen and oxygen atoms in total. The van der Waals surface area contributed by atoms with Gasteiger partial charge in [-0.2, -0.15) is 0 Å². The van der Waals surface area contributed by atoms with Gasteiger partial charge >= 0.3 is 0 Å². The minimum absolute atomic E-state index is 0.0184. The van der Waals surface area contributed by atoms with Crippen molar-refractivity contribution in [3.05, 3.63) is 94.0 Å². The van der Waals surface area contributed by atoms with Gasteiger partial charge in [0, 0.05) is 50.0 Å². The molecule has 0 radical (unpaired) electrons. The molecule has 0 saturated carbocycles. The molecule has 7 heteroatoms. The van der Waals surface area contributed by atoms with E-state index in [0.29, 0.717) is 37.3 Å². The first-order valence-corrected chi connectivity index (χ1v) is 10.0. The summed E-state index contributed by atoms with van der Waals surface area (Å²) in [6.07, 6.45) is 2.99. The zero-order valence-corrected chi connectivity index (χ0v) is 16.8. The lowest BCUT2D eigenvalue weighted by atomic mass is 10.0. The zero-order chi connectivity index (χ0) is 21.8. The number of nitro benzene ring substituents is 1. The van der Waals surface area contributed by atoms with Crippen molar-refractivity contribution in [3.8, 4) is 0 Å². The SMILES string of the molecule is O=C(C=Cc1cccc([N+](=O)[O-])c1)N1CCN(C(=O)c2cccc3ccccc23)CC1. The number of carbonyl (C=O) groups is 2. The van der Waals surface area contributed by atoms with E-state index in [2.05, 4.69) is 0 Å². The monoisotopic (exact) mass is 415 g/mol. The van der Waals surface area contributed by atoms with Crippen molar-refractivity contribution >= 4 is 34.4 Å². The summed E-state index contributed by atoms with van der Waals surface area (Å²) in [7, 11) is 0. The first-order valence-electron chi connectivity index (χ1n) is 10.0. The molecule has 2 amide bonds. The lowest BCUT2D eigenvalue weighted by molar-refractivity contribution is -0.384. The van der Waals surface area contributed by atoms with Crippen LogP contribution in [0.2, 0.25) is 0 Å². The molecule has 3 aromatic carbocycles. The molecule has 3 aromatic rings. The summed E-state index contributed by atoms with van der Waals surface area (Å²) in [5.41, 5.74) is 1.24. The van der Waals surface area contributed by atoms with Gasteiger partial charge in [-0.1, -0.05) is 48.5 Å². The first-order chi connectivity index (χ1) is 15.0. The second-order valence-corrected chi connectivity index (χ2v) is 7.33. The third-order valence-corrected chi connectivity index (χ3v) is 5.40. The van der Waals surface area contributed by atoms with E-state index in [1.165, 1.54) is 18.2 Å². The topological polar surface area (TPSA) is 83.8 Å². The molecule has 156 valence electrons. The fourth-order valence-electron chi connectivity index (χ4n) is 3.73. The van der Waals surface area contributed by atoms with Crippen LogP contribution in [0, 0.1) is 10.1 Å². The Morgan fingerprint density at radius 3 is 2.32 bits per heavy atom. The maximum atomic E-state index is 13.0. The third kappa shape index (κ3) is 4.45. The van der Waals surface area contributed by atoms with Crippen LogP contribution in [0.3, 0.4) is 0 Å². The Morgan fingerprint density at radius 2 is 1.55 bits per heavy atom. The standard InChI is InChI=1S/C24H21N3O4/c28-23(12-11-18-5-3-8-20(17-18)27(30)31)25-13-15-26(16-14-25)24(29)22-10-4-7-19-6-1-2-9-21(19)22/h1-12,17H,13-16H2. The van der Waals surface area contributed by atoms with E-state index in [4.69, 9.17) is 0 Å². The molecule has 1 aliphatic rings. The van der Waals surface area contributed by atoms with Crippen LogP contribution in [0.15, 0.2) is 72.8 Å². The highest BCUT2D eigenvalue weighted by Gasteiger charge is 2.24. The van der Waals surface area contributed by atoms with Crippen LogP contribution in [0.25, 0.3) is 16.8 Å². The van der Waals surface area contributed by atoms with Gasteiger partial charge in [-0.05, 0) is 28.5 Å². The fourth-order valence-corrected chi connectivity index (χ4v) is 3.73. The fraction of sp³-hybridized carbons (Fsp3) is 0.167. The summed E-state index contributed by atoms with van der Waals surface area (Å²) in [5.74, 6) is -0.209. The van der Waals surface area contributed by atoms with Crippen molar-refractivity contribution in [2.75, 3.05) is 26.2 Å². The summed E-state index contributed by atoms with van der Waals surface area (Å²) in [5, 5.41) is 12.8. The number of carbonyl (C=O) groups excluding carboxylic acids is 2. The minimum Gasteiger partial charge on any atom is -0.336 e. The average Bonchev–Trinajstić information content (AvgIpc) is 2.82. The molecule has 1 saturated heterocycles. The van der Waals surface area contributed by atoms with Gasteiger partial charge < -0.3 is 9.80 Å². The maximum Gasteiger partial charge on any atom is 0.270 e. The lowest BCUT2D eigenvalue weighted by Gasteiger charge is -2.34. The first kappa shape index (κ1) is 20.3. The van der Waals surface area contributed by atoms with Crippen LogP contribution in [0.1, 0.15) is 15.9 Å². The Kier molecular flexibility index (Phi) is 5.75. The number of amides is 2. The van der Waals surface area contributed by atoms with Gasteiger partial charge in [0.1, 0.15) is 0 Å². The molecule has 0 spiro atoms. The maximum absolute atomic E-state index is 13.0. The predicted molar refractivity (Wildman–Crippen MR) is 119 cm³/mol. The molecule has 4 rings (SSSR count). The second kappa shape index (κ2) is 8.79. The van der Waals surface area contributed by atoms with E-state index in [1.807, 2.05) is 42.5 Å². The van der Waals surface area contributed by atoms with Crippen LogP contribution >= 0.6 is 0 Å². The molecule has 31 heavy (non-hydrogen) atoms. The van der Waals surface area contributed by atoms with Gasteiger partial charge in [0.05, 0.1) is 4.92 Å². The molecular weight excluding hydrogens is 394 g/mol. The summed E-state index contributed by atoms with van der Waals surface area (Å²) in [4.78, 5) is 39.4. The molecule has 1 heterocycles. The molecule has 1 fully saturated rings. The number of nitro groups is 1. The van der Waals surface area contributed by atoms with E-state index < -0.39 is 4.92 Å². The van der Waals surface area contributed by atoms with Crippen molar-refractivity contribution in [2.45, 2.75) is 0 Å². The zero-order valence-electron chi connectivity index (χ0n) is 16.8. The van der Waals surface area contributed by atoms with E-state index in [-0.39, 0.29) is 17.5 Å². The number of hydrogen-bond acceptors (Lipinski definition) is 4. The van der Waals surface area contributed by atoms with E-state index in [1.54, 1.807) is 28.0 Å². The van der Waals surface area contributed by atoms with E-state index in [0.717, 1.165) is 10.8 Å². The largest absolute Gasteiger partial charge is 0.336 e. The van der Waals surface area contributed by atoms with Crippen LogP contribution < -0.4 is 0 Å². The summed E-state index contributed by atoms with van der Waals surface area (Å²) in [6, 6.07) is 19.6. The Hall–Kier alpha value is -4.00. The molecule has 1 aliphatic heterocycles. The molecule has 0 aliphatic carbocycles. The van der Waals surface area contributed by atoms with Crippen LogP contribution in [0.4, 0.5) is 5.69 Å². The summed E-state index contributed by atoms with van der Waals surface area (Å²) in [6.45, 7) is 1.79. The van der Waals surface area contributed by atoms with Crippen LogP contribution in [-0.4, -0.2) is 52.7 Å². The van der Waals surface area contributed by atoms with Crippen molar-refractivity contribution in [2.24, 2.45) is 0 Å². The average molecular weight is 415 g/mol. The smallest absolute Gasteiger partial charge is 0.270 e. The minimum atomic E-state index is -0.467. The second-order valence-electron chi connectivity index (χ2n) is 7.33. The van der Waals surface area contributed by atoms with Gasteiger partial charge in [0.2, 0.25) is 5.91 Å². The molecule has 0 N–H and O–H groups in total. The number of rotatable bonds is 4. The highest BCUT2D eigenvalue weighted by atomic mass is 16.6. The number of benzene rings is 3. The third-order valence-electron chi connectivity index (χ3n) is 5.40.